The average molecular weight is 230 g/mol. The van der Waals surface area contributed by atoms with Gasteiger partial charge < -0.3 is 0 Å². The van der Waals surface area contributed by atoms with Crippen molar-refractivity contribution in [1.29, 1.82) is 0 Å². The molecule has 0 spiro atoms. The Morgan fingerprint density at radius 1 is 1.00 bits per heavy atom. The van der Waals surface area contributed by atoms with Crippen LogP contribution in [0.5, 0.6) is 0 Å². The first kappa shape index (κ1) is 14.0. The van der Waals surface area contributed by atoms with Crippen LogP contribution in [0.15, 0.2) is 36.9 Å². The van der Waals surface area contributed by atoms with Gasteiger partial charge in [-0.1, -0.05) is 61.6 Å². The zero-order chi connectivity index (χ0) is 12.3. The molecule has 0 N–H and O–H groups in total. The van der Waals surface area contributed by atoms with E-state index >= 15 is 0 Å². The third-order valence-electron chi connectivity index (χ3n) is 3.21. The molecule has 0 aromatic heterocycles. The van der Waals surface area contributed by atoms with Crippen molar-refractivity contribution in [3.63, 3.8) is 0 Å². The summed E-state index contributed by atoms with van der Waals surface area (Å²) in [5.74, 6) is 0. The summed E-state index contributed by atoms with van der Waals surface area (Å²) in [7, 11) is 0. The van der Waals surface area contributed by atoms with Gasteiger partial charge in [0.15, 0.2) is 0 Å². The molecule has 0 aliphatic rings. The number of allylic oxidation sites excluding steroid dienone is 1. The number of rotatable bonds is 9. The Bertz CT molecular complexity index is 312. The Hall–Kier alpha value is -1.04. The molecule has 0 heteroatoms. The van der Waals surface area contributed by atoms with E-state index in [0.29, 0.717) is 0 Å². The fourth-order valence-corrected chi connectivity index (χ4v) is 2.19. The van der Waals surface area contributed by atoms with Gasteiger partial charge in [-0.2, -0.15) is 0 Å². The van der Waals surface area contributed by atoms with E-state index < -0.39 is 0 Å². The van der Waals surface area contributed by atoms with E-state index in [4.69, 9.17) is 0 Å². The van der Waals surface area contributed by atoms with Gasteiger partial charge in [0.25, 0.3) is 0 Å². The summed E-state index contributed by atoms with van der Waals surface area (Å²) in [5.41, 5.74) is 2.88. The van der Waals surface area contributed by atoms with Crippen LogP contribution in [0.4, 0.5) is 0 Å². The minimum Gasteiger partial charge on any atom is -0.103 e. The quantitative estimate of drug-likeness (QED) is 0.390. The molecule has 0 amide bonds. The molecule has 1 aromatic rings. The second-order valence-corrected chi connectivity index (χ2v) is 4.94. The van der Waals surface area contributed by atoms with E-state index in [1.807, 2.05) is 6.08 Å². The maximum atomic E-state index is 3.75. The van der Waals surface area contributed by atoms with Crippen LogP contribution in [-0.4, -0.2) is 0 Å². The van der Waals surface area contributed by atoms with E-state index in [-0.39, 0.29) is 0 Å². The molecular weight excluding hydrogens is 204 g/mol. The molecule has 0 aliphatic carbocycles. The maximum absolute atomic E-state index is 3.75. The van der Waals surface area contributed by atoms with E-state index in [1.54, 1.807) is 0 Å². The predicted molar refractivity (Wildman–Crippen MR) is 77.4 cm³/mol. The minimum atomic E-state index is 1.18. The van der Waals surface area contributed by atoms with Gasteiger partial charge in [0.2, 0.25) is 0 Å². The molecule has 1 rings (SSSR count). The van der Waals surface area contributed by atoms with Crippen LogP contribution in [0.2, 0.25) is 0 Å². The van der Waals surface area contributed by atoms with Gasteiger partial charge in [0.1, 0.15) is 0 Å². The highest BCUT2D eigenvalue weighted by molar-refractivity contribution is 5.22. The molecular formula is C17H26. The van der Waals surface area contributed by atoms with Gasteiger partial charge in [0, 0.05) is 0 Å². The SMILES string of the molecule is C=CCCCCCCCCc1cccc(C)c1. The zero-order valence-electron chi connectivity index (χ0n) is 11.3. The summed E-state index contributed by atoms with van der Waals surface area (Å²) in [5, 5.41) is 0. The van der Waals surface area contributed by atoms with Crippen molar-refractivity contribution in [1.82, 2.24) is 0 Å². The third-order valence-corrected chi connectivity index (χ3v) is 3.21. The minimum absolute atomic E-state index is 1.18. The second-order valence-electron chi connectivity index (χ2n) is 4.94. The van der Waals surface area contributed by atoms with Crippen molar-refractivity contribution in [2.24, 2.45) is 0 Å². The molecule has 1 aromatic carbocycles. The Balaban J connectivity index is 1.99. The first-order valence-corrected chi connectivity index (χ1v) is 6.99. The van der Waals surface area contributed by atoms with E-state index in [0.717, 1.165) is 0 Å². The van der Waals surface area contributed by atoms with Crippen LogP contribution in [0.1, 0.15) is 56.1 Å². The smallest absolute Gasteiger partial charge is 0.0279 e. The summed E-state index contributed by atoms with van der Waals surface area (Å²) in [6, 6.07) is 8.89. The van der Waals surface area contributed by atoms with Crippen molar-refractivity contribution < 1.29 is 0 Å². The molecule has 0 nitrogen and oxygen atoms in total. The van der Waals surface area contributed by atoms with Crippen LogP contribution in [-0.2, 0) is 6.42 Å². The highest BCUT2D eigenvalue weighted by Gasteiger charge is 1.94. The van der Waals surface area contributed by atoms with Crippen molar-refractivity contribution in [2.75, 3.05) is 0 Å². The van der Waals surface area contributed by atoms with Crippen LogP contribution in [0, 0.1) is 6.92 Å². The summed E-state index contributed by atoms with van der Waals surface area (Å²) in [6.45, 7) is 5.92. The molecule has 0 heterocycles. The molecule has 0 aliphatic heterocycles. The van der Waals surface area contributed by atoms with Crippen LogP contribution < -0.4 is 0 Å². The number of unbranched alkanes of at least 4 members (excludes halogenated alkanes) is 6. The van der Waals surface area contributed by atoms with Gasteiger partial charge >= 0.3 is 0 Å². The lowest BCUT2D eigenvalue weighted by Gasteiger charge is -2.03. The van der Waals surface area contributed by atoms with E-state index in [1.165, 1.54) is 62.5 Å². The van der Waals surface area contributed by atoms with Crippen LogP contribution in [0.3, 0.4) is 0 Å². The summed E-state index contributed by atoms with van der Waals surface area (Å²) >= 11 is 0. The normalized spacial score (nSPS) is 10.4. The Kier molecular flexibility index (Phi) is 7.46. The maximum Gasteiger partial charge on any atom is -0.0279 e. The van der Waals surface area contributed by atoms with Crippen molar-refractivity contribution >= 4 is 0 Å². The molecule has 0 fully saturated rings. The monoisotopic (exact) mass is 230 g/mol. The molecule has 0 bridgehead atoms. The number of aryl methyl sites for hydroxylation is 2. The molecule has 0 atom stereocenters. The molecule has 17 heavy (non-hydrogen) atoms. The lowest BCUT2D eigenvalue weighted by Crippen LogP contribution is -1.87. The Labute approximate surface area is 107 Å². The molecule has 94 valence electrons. The second kappa shape index (κ2) is 9.04. The number of benzene rings is 1. The summed E-state index contributed by atoms with van der Waals surface area (Å²) in [4.78, 5) is 0. The fourth-order valence-electron chi connectivity index (χ4n) is 2.19. The summed E-state index contributed by atoms with van der Waals surface area (Å²) in [6.07, 6.45) is 12.6. The van der Waals surface area contributed by atoms with Crippen molar-refractivity contribution in [2.45, 2.75) is 58.3 Å². The molecule has 0 radical (unpaired) electrons. The summed E-state index contributed by atoms with van der Waals surface area (Å²) < 4.78 is 0. The van der Waals surface area contributed by atoms with Gasteiger partial charge in [-0.15, -0.1) is 6.58 Å². The number of hydrogen-bond donors (Lipinski definition) is 0. The number of hydrogen-bond acceptors (Lipinski definition) is 0. The first-order chi connectivity index (χ1) is 8.33. The van der Waals surface area contributed by atoms with Gasteiger partial charge in [0.05, 0.1) is 0 Å². The van der Waals surface area contributed by atoms with E-state index in [2.05, 4.69) is 37.8 Å². The van der Waals surface area contributed by atoms with Gasteiger partial charge in [-0.3, -0.25) is 0 Å². The lowest BCUT2D eigenvalue weighted by atomic mass is 10.0. The van der Waals surface area contributed by atoms with E-state index in [9.17, 15) is 0 Å². The molecule has 0 unspecified atom stereocenters. The van der Waals surface area contributed by atoms with Crippen molar-refractivity contribution in [3.8, 4) is 0 Å². The molecule has 0 saturated carbocycles. The zero-order valence-corrected chi connectivity index (χ0v) is 11.3. The first-order valence-electron chi connectivity index (χ1n) is 6.99. The fraction of sp³-hybridized carbons (Fsp3) is 0.529. The molecule has 0 saturated heterocycles. The highest BCUT2D eigenvalue weighted by Crippen LogP contribution is 2.11. The third kappa shape index (κ3) is 6.99. The Morgan fingerprint density at radius 2 is 1.71 bits per heavy atom. The standard InChI is InChI=1S/C17H26/c1-3-4-5-6-7-8-9-10-13-17-14-11-12-16(2)15-17/h3,11-12,14-15H,1,4-10,13H2,2H3. The topological polar surface area (TPSA) is 0 Å². The van der Waals surface area contributed by atoms with Gasteiger partial charge in [-0.25, -0.2) is 0 Å². The lowest BCUT2D eigenvalue weighted by molar-refractivity contribution is 0.597. The Morgan fingerprint density at radius 3 is 2.41 bits per heavy atom. The average Bonchev–Trinajstić information content (AvgIpc) is 2.33. The largest absolute Gasteiger partial charge is 0.103 e. The predicted octanol–water partition coefficient (Wildman–Crippen LogP) is 5.45. The highest BCUT2D eigenvalue weighted by atomic mass is 14.0. The van der Waals surface area contributed by atoms with Crippen molar-refractivity contribution in [3.05, 3.63) is 48.0 Å². The van der Waals surface area contributed by atoms with Crippen LogP contribution in [0.25, 0.3) is 0 Å². The van der Waals surface area contributed by atoms with Crippen LogP contribution >= 0.6 is 0 Å². The van der Waals surface area contributed by atoms with Gasteiger partial charge in [-0.05, 0) is 38.2 Å².